The summed E-state index contributed by atoms with van der Waals surface area (Å²) in [7, 11) is 2.12. The highest BCUT2D eigenvalue weighted by atomic mass is 16.2. The van der Waals surface area contributed by atoms with Gasteiger partial charge in [-0.3, -0.25) is 0 Å². The van der Waals surface area contributed by atoms with Gasteiger partial charge in [-0.1, -0.05) is 0 Å². The molecule has 0 aromatic carbocycles. The van der Waals surface area contributed by atoms with E-state index in [-0.39, 0.29) is 11.6 Å². The molecule has 0 aliphatic carbocycles. The molecule has 2 aliphatic rings. The van der Waals surface area contributed by atoms with Crippen LogP contribution in [-0.2, 0) is 0 Å². The number of rotatable bonds is 0. The minimum Gasteiger partial charge on any atom is -0.338 e. The number of carbonyl (C=O) groups excluding carboxylic acids is 1. The van der Waals surface area contributed by atoms with Crippen LogP contribution in [0.2, 0.25) is 0 Å². The maximum Gasteiger partial charge on any atom is 0.315 e. The van der Waals surface area contributed by atoms with Gasteiger partial charge in [0.05, 0.1) is 5.54 Å². The number of carbonyl (C=O) groups is 1. The van der Waals surface area contributed by atoms with Gasteiger partial charge in [0.25, 0.3) is 0 Å². The highest BCUT2D eigenvalue weighted by Crippen LogP contribution is 2.24. The number of amides is 2. The Kier molecular flexibility index (Phi) is 2.15. The van der Waals surface area contributed by atoms with Crippen LogP contribution in [0.4, 0.5) is 4.79 Å². The smallest absolute Gasteiger partial charge is 0.315 e. The molecule has 1 atom stereocenters. The molecule has 2 aliphatic heterocycles. The van der Waals surface area contributed by atoms with E-state index in [2.05, 4.69) is 22.6 Å². The lowest BCUT2D eigenvalue weighted by atomic mass is 9.85. The van der Waals surface area contributed by atoms with Crippen LogP contribution in [0, 0.1) is 0 Å². The van der Waals surface area contributed by atoms with Crippen LogP contribution < -0.4 is 10.6 Å². The lowest BCUT2D eigenvalue weighted by Gasteiger charge is -2.44. The Bertz CT molecular complexity index is 215. The number of likely N-dealkylation sites (tertiary alicyclic amines) is 1. The topological polar surface area (TPSA) is 44.4 Å². The van der Waals surface area contributed by atoms with Crippen molar-refractivity contribution in [1.29, 1.82) is 0 Å². The van der Waals surface area contributed by atoms with Crippen molar-refractivity contribution in [1.82, 2.24) is 15.5 Å². The van der Waals surface area contributed by atoms with Crippen molar-refractivity contribution < 1.29 is 4.79 Å². The van der Waals surface area contributed by atoms with Gasteiger partial charge in [0, 0.05) is 13.1 Å². The molecule has 0 radical (unpaired) electrons. The lowest BCUT2D eigenvalue weighted by Crippen LogP contribution is -2.64. The SMILES string of the molecule is CN1CCCC2(CCNC(=O)N2)C1. The second-order valence-corrected chi connectivity index (χ2v) is 4.25. The summed E-state index contributed by atoms with van der Waals surface area (Å²) >= 11 is 0. The lowest BCUT2D eigenvalue weighted by molar-refractivity contribution is 0.127. The second kappa shape index (κ2) is 3.18. The van der Waals surface area contributed by atoms with E-state index in [0.29, 0.717) is 0 Å². The van der Waals surface area contributed by atoms with Crippen LogP contribution in [0.1, 0.15) is 19.3 Å². The summed E-state index contributed by atoms with van der Waals surface area (Å²) in [5.41, 5.74) is 0.0648. The Morgan fingerprint density at radius 2 is 2.31 bits per heavy atom. The van der Waals surface area contributed by atoms with E-state index in [9.17, 15) is 4.79 Å². The average Bonchev–Trinajstić information content (AvgIpc) is 2.02. The molecule has 0 aromatic rings. The number of hydrogen-bond acceptors (Lipinski definition) is 2. The molecule has 74 valence electrons. The zero-order chi connectivity index (χ0) is 9.31. The molecule has 0 bridgehead atoms. The zero-order valence-corrected chi connectivity index (χ0v) is 8.10. The molecular formula is C9H17N3O. The summed E-state index contributed by atoms with van der Waals surface area (Å²) in [4.78, 5) is 13.5. The molecule has 2 rings (SSSR count). The third-order valence-electron chi connectivity index (χ3n) is 3.04. The van der Waals surface area contributed by atoms with Gasteiger partial charge in [0.15, 0.2) is 0 Å². The van der Waals surface area contributed by atoms with Gasteiger partial charge in [-0.2, -0.15) is 0 Å². The van der Waals surface area contributed by atoms with Gasteiger partial charge in [0.1, 0.15) is 0 Å². The maximum absolute atomic E-state index is 11.2. The van der Waals surface area contributed by atoms with Gasteiger partial charge < -0.3 is 15.5 Å². The van der Waals surface area contributed by atoms with Crippen LogP contribution in [0.25, 0.3) is 0 Å². The third-order valence-corrected chi connectivity index (χ3v) is 3.04. The molecule has 2 saturated heterocycles. The average molecular weight is 183 g/mol. The predicted octanol–water partition coefficient (Wildman–Crippen LogP) is 0.154. The van der Waals surface area contributed by atoms with Crippen LogP contribution in [0.15, 0.2) is 0 Å². The molecule has 2 N–H and O–H groups in total. The molecule has 2 amide bonds. The Morgan fingerprint density at radius 1 is 1.46 bits per heavy atom. The molecule has 0 saturated carbocycles. The summed E-state index contributed by atoms with van der Waals surface area (Å²) < 4.78 is 0. The van der Waals surface area contributed by atoms with Gasteiger partial charge >= 0.3 is 6.03 Å². The molecule has 1 unspecified atom stereocenters. The van der Waals surface area contributed by atoms with Crippen molar-refractivity contribution in [2.75, 3.05) is 26.7 Å². The number of nitrogens with zero attached hydrogens (tertiary/aromatic N) is 1. The van der Waals surface area contributed by atoms with E-state index in [0.717, 1.165) is 32.5 Å². The summed E-state index contributed by atoms with van der Waals surface area (Å²) in [6.45, 7) is 2.98. The Balaban J connectivity index is 2.04. The van der Waals surface area contributed by atoms with Crippen molar-refractivity contribution in [3.63, 3.8) is 0 Å². The van der Waals surface area contributed by atoms with Gasteiger partial charge in [-0.25, -0.2) is 4.79 Å². The molecule has 4 nitrogen and oxygen atoms in total. The first-order valence-electron chi connectivity index (χ1n) is 4.95. The predicted molar refractivity (Wildman–Crippen MR) is 50.6 cm³/mol. The third kappa shape index (κ3) is 1.77. The first-order valence-corrected chi connectivity index (χ1v) is 4.95. The van der Waals surface area contributed by atoms with Gasteiger partial charge in [-0.15, -0.1) is 0 Å². The molecule has 13 heavy (non-hydrogen) atoms. The number of nitrogens with one attached hydrogen (secondary N) is 2. The summed E-state index contributed by atoms with van der Waals surface area (Å²) in [6.07, 6.45) is 3.38. The fourth-order valence-corrected chi connectivity index (χ4v) is 2.43. The molecule has 2 fully saturated rings. The number of likely N-dealkylation sites (N-methyl/N-ethyl adjacent to an activating group) is 1. The molecule has 1 spiro atoms. The standard InChI is InChI=1S/C9H17N3O/c1-12-6-2-3-9(7-12)4-5-10-8(13)11-9/h2-7H2,1H3,(H2,10,11,13). The highest BCUT2D eigenvalue weighted by molar-refractivity contribution is 5.75. The minimum absolute atomic E-state index is 0.00144. The summed E-state index contributed by atoms with van der Waals surface area (Å²) in [6, 6.07) is 0.00144. The fourth-order valence-electron chi connectivity index (χ4n) is 2.43. The summed E-state index contributed by atoms with van der Waals surface area (Å²) in [5, 5.41) is 5.87. The van der Waals surface area contributed by atoms with Crippen molar-refractivity contribution >= 4 is 6.03 Å². The van der Waals surface area contributed by atoms with E-state index < -0.39 is 0 Å². The molecule has 0 aromatic heterocycles. The van der Waals surface area contributed by atoms with Crippen LogP contribution in [0.5, 0.6) is 0 Å². The molecular weight excluding hydrogens is 166 g/mol. The van der Waals surface area contributed by atoms with Crippen molar-refractivity contribution in [3.8, 4) is 0 Å². The van der Waals surface area contributed by atoms with E-state index in [4.69, 9.17) is 0 Å². The minimum atomic E-state index is 0.00144. The molecule has 4 heteroatoms. The highest BCUT2D eigenvalue weighted by Gasteiger charge is 2.37. The zero-order valence-electron chi connectivity index (χ0n) is 8.10. The van der Waals surface area contributed by atoms with Crippen LogP contribution >= 0.6 is 0 Å². The Morgan fingerprint density at radius 3 is 3.00 bits per heavy atom. The quantitative estimate of drug-likeness (QED) is 0.561. The summed E-state index contributed by atoms with van der Waals surface area (Å²) in [5.74, 6) is 0. The largest absolute Gasteiger partial charge is 0.338 e. The number of urea groups is 1. The van der Waals surface area contributed by atoms with E-state index in [1.807, 2.05) is 0 Å². The van der Waals surface area contributed by atoms with E-state index >= 15 is 0 Å². The Hall–Kier alpha value is -0.770. The van der Waals surface area contributed by atoms with Gasteiger partial charge in [-0.05, 0) is 32.9 Å². The second-order valence-electron chi connectivity index (χ2n) is 4.25. The number of piperidine rings is 1. The van der Waals surface area contributed by atoms with Crippen molar-refractivity contribution in [2.24, 2.45) is 0 Å². The van der Waals surface area contributed by atoms with Crippen molar-refractivity contribution in [2.45, 2.75) is 24.8 Å². The Labute approximate surface area is 78.7 Å². The van der Waals surface area contributed by atoms with Crippen LogP contribution in [-0.4, -0.2) is 43.2 Å². The van der Waals surface area contributed by atoms with E-state index in [1.165, 1.54) is 6.42 Å². The van der Waals surface area contributed by atoms with Crippen LogP contribution in [0.3, 0.4) is 0 Å². The van der Waals surface area contributed by atoms with Crippen molar-refractivity contribution in [3.05, 3.63) is 0 Å². The van der Waals surface area contributed by atoms with Gasteiger partial charge in [0.2, 0.25) is 0 Å². The first kappa shape index (κ1) is 8.81. The fraction of sp³-hybridized carbons (Fsp3) is 0.889. The van der Waals surface area contributed by atoms with E-state index in [1.54, 1.807) is 0 Å². The normalized spacial score (nSPS) is 35.6. The monoisotopic (exact) mass is 183 g/mol. The maximum atomic E-state index is 11.2. The molecule has 2 heterocycles. The number of hydrogen-bond donors (Lipinski definition) is 2. The first-order chi connectivity index (χ1) is 6.20.